The number of rotatable bonds is 6. The van der Waals surface area contributed by atoms with Gasteiger partial charge in [-0.25, -0.2) is 0 Å². The zero-order chi connectivity index (χ0) is 12.0. The van der Waals surface area contributed by atoms with Crippen LogP contribution in [0.3, 0.4) is 0 Å². The molecule has 0 aliphatic heterocycles. The van der Waals surface area contributed by atoms with Gasteiger partial charge in [0.2, 0.25) is 0 Å². The maximum absolute atomic E-state index is 10.2. The Balaban J connectivity index is 2.60. The van der Waals surface area contributed by atoms with Crippen molar-refractivity contribution < 1.29 is 5.11 Å². The average molecular weight is 218 g/mol. The summed E-state index contributed by atoms with van der Waals surface area (Å²) in [7, 11) is 0. The molecule has 0 fully saturated rings. The first-order valence-corrected chi connectivity index (χ1v) is 5.98. The van der Waals surface area contributed by atoms with E-state index in [4.69, 9.17) is 0 Å². The van der Waals surface area contributed by atoms with Crippen LogP contribution in [-0.2, 0) is 12.8 Å². The van der Waals surface area contributed by atoms with Gasteiger partial charge < -0.3 is 5.11 Å². The molecular weight excluding hydrogens is 196 g/mol. The monoisotopic (exact) mass is 218 g/mol. The van der Waals surface area contributed by atoms with E-state index >= 15 is 0 Å². The molecule has 1 heteroatoms. The van der Waals surface area contributed by atoms with Gasteiger partial charge in [-0.05, 0) is 37.3 Å². The number of hydrogen-bond donors (Lipinski definition) is 1. The zero-order valence-corrected chi connectivity index (χ0v) is 10.4. The van der Waals surface area contributed by atoms with E-state index in [9.17, 15) is 5.11 Å². The number of aryl methyl sites for hydroxylation is 1. The smallest absolute Gasteiger partial charge is 0.0662 e. The number of allylic oxidation sites excluding steroid dienone is 1. The first-order chi connectivity index (χ1) is 7.57. The topological polar surface area (TPSA) is 20.2 Å². The van der Waals surface area contributed by atoms with Crippen LogP contribution in [0.25, 0.3) is 0 Å². The lowest BCUT2D eigenvalue weighted by molar-refractivity contribution is 0.0523. The molecule has 0 bridgehead atoms. The van der Waals surface area contributed by atoms with Crippen LogP contribution in [-0.4, -0.2) is 10.7 Å². The molecule has 1 N–H and O–H groups in total. The molecule has 0 aliphatic carbocycles. The van der Waals surface area contributed by atoms with Gasteiger partial charge in [0, 0.05) is 6.42 Å². The van der Waals surface area contributed by atoms with Crippen LogP contribution in [0, 0.1) is 0 Å². The van der Waals surface area contributed by atoms with Crippen molar-refractivity contribution in [2.24, 2.45) is 0 Å². The van der Waals surface area contributed by atoms with E-state index in [-0.39, 0.29) is 0 Å². The molecule has 1 atom stereocenters. The van der Waals surface area contributed by atoms with Crippen LogP contribution < -0.4 is 0 Å². The Kier molecular flexibility index (Phi) is 4.75. The molecule has 0 aliphatic rings. The fraction of sp³-hybridized carbons (Fsp3) is 0.467. The molecule has 1 unspecified atom stereocenters. The maximum atomic E-state index is 10.2. The third kappa shape index (κ3) is 4.19. The highest BCUT2D eigenvalue weighted by molar-refractivity contribution is 5.23. The Morgan fingerprint density at radius 3 is 2.31 bits per heavy atom. The summed E-state index contributed by atoms with van der Waals surface area (Å²) < 4.78 is 0. The second-order valence-electron chi connectivity index (χ2n) is 4.67. The Morgan fingerprint density at radius 2 is 1.81 bits per heavy atom. The summed E-state index contributed by atoms with van der Waals surface area (Å²) in [5.74, 6) is 0. The molecule has 0 aromatic heterocycles. The largest absolute Gasteiger partial charge is 0.390 e. The number of benzene rings is 1. The lowest BCUT2D eigenvalue weighted by Crippen LogP contribution is -2.26. The molecular formula is C15H22O. The lowest BCUT2D eigenvalue weighted by Gasteiger charge is -2.22. The van der Waals surface area contributed by atoms with Crippen molar-refractivity contribution >= 4 is 0 Å². The van der Waals surface area contributed by atoms with E-state index in [1.54, 1.807) is 0 Å². The van der Waals surface area contributed by atoms with Crippen molar-refractivity contribution in [2.45, 2.75) is 45.1 Å². The molecule has 1 nitrogen and oxygen atoms in total. The molecule has 16 heavy (non-hydrogen) atoms. The third-order valence-electron chi connectivity index (χ3n) is 2.90. The molecule has 0 saturated heterocycles. The molecule has 0 heterocycles. The average Bonchev–Trinajstić information content (AvgIpc) is 2.27. The van der Waals surface area contributed by atoms with Crippen molar-refractivity contribution in [2.75, 3.05) is 0 Å². The summed E-state index contributed by atoms with van der Waals surface area (Å²) in [5.41, 5.74) is 1.92. The molecule has 1 aromatic carbocycles. The van der Waals surface area contributed by atoms with Crippen molar-refractivity contribution in [1.82, 2.24) is 0 Å². The van der Waals surface area contributed by atoms with E-state index in [1.165, 1.54) is 11.1 Å². The number of aliphatic hydroxyl groups is 1. The Hall–Kier alpha value is -1.08. The minimum atomic E-state index is -0.623. The van der Waals surface area contributed by atoms with Crippen LogP contribution in [0.4, 0.5) is 0 Å². The summed E-state index contributed by atoms with van der Waals surface area (Å²) in [4.78, 5) is 0. The summed E-state index contributed by atoms with van der Waals surface area (Å²) in [6, 6.07) is 8.50. The fourth-order valence-electron chi connectivity index (χ4n) is 1.83. The summed E-state index contributed by atoms with van der Waals surface area (Å²) in [6.45, 7) is 7.72. The van der Waals surface area contributed by atoms with Gasteiger partial charge in [-0.3, -0.25) is 0 Å². The van der Waals surface area contributed by atoms with E-state index < -0.39 is 5.60 Å². The quantitative estimate of drug-likeness (QED) is 0.724. The van der Waals surface area contributed by atoms with Gasteiger partial charge >= 0.3 is 0 Å². The van der Waals surface area contributed by atoms with Crippen LogP contribution in [0.15, 0.2) is 36.9 Å². The molecule has 88 valence electrons. The zero-order valence-electron chi connectivity index (χ0n) is 10.4. The lowest BCUT2D eigenvalue weighted by atomic mass is 9.91. The summed E-state index contributed by atoms with van der Waals surface area (Å²) in [5, 5.41) is 10.2. The van der Waals surface area contributed by atoms with Gasteiger partial charge in [0.05, 0.1) is 5.60 Å². The maximum Gasteiger partial charge on any atom is 0.0662 e. The third-order valence-corrected chi connectivity index (χ3v) is 2.90. The molecule has 0 amide bonds. The second-order valence-corrected chi connectivity index (χ2v) is 4.67. The van der Waals surface area contributed by atoms with Gasteiger partial charge in [0.15, 0.2) is 0 Å². The normalized spacial score (nSPS) is 14.4. The highest BCUT2D eigenvalue weighted by Crippen LogP contribution is 2.19. The van der Waals surface area contributed by atoms with Gasteiger partial charge in [-0.2, -0.15) is 0 Å². The van der Waals surface area contributed by atoms with Crippen LogP contribution in [0.2, 0.25) is 0 Å². The van der Waals surface area contributed by atoms with E-state index in [2.05, 4.69) is 37.8 Å². The van der Waals surface area contributed by atoms with Crippen LogP contribution >= 0.6 is 0 Å². The highest BCUT2D eigenvalue weighted by atomic mass is 16.3. The van der Waals surface area contributed by atoms with Gasteiger partial charge in [0.25, 0.3) is 0 Å². The van der Waals surface area contributed by atoms with Crippen molar-refractivity contribution in [3.05, 3.63) is 48.0 Å². The van der Waals surface area contributed by atoms with E-state index in [0.29, 0.717) is 6.42 Å². The minimum absolute atomic E-state index is 0.623. The summed E-state index contributed by atoms with van der Waals surface area (Å²) in [6.07, 6.45) is 5.26. The molecule has 0 saturated carbocycles. The van der Waals surface area contributed by atoms with Crippen molar-refractivity contribution in [3.63, 3.8) is 0 Å². The predicted molar refractivity (Wildman–Crippen MR) is 69.6 cm³/mol. The Morgan fingerprint density at radius 1 is 1.25 bits per heavy atom. The van der Waals surface area contributed by atoms with Gasteiger partial charge in [-0.15, -0.1) is 6.58 Å². The van der Waals surface area contributed by atoms with Gasteiger partial charge in [0.1, 0.15) is 0 Å². The first-order valence-electron chi connectivity index (χ1n) is 5.98. The highest BCUT2D eigenvalue weighted by Gasteiger charge is 2.19. The fourth-order valence-corrected chi connectivity index (χ4v) is 1.83. The van der Waals surface area contributed by atoms with Crippen molar-refractivity contribution in [3.8, 4) is 0 Å². The van der Waals surface area contributed by atoms with Gasteiger partial charge in [-0.1, -0.05) is 37.3 Å². The van der Waals surface area contributed by atoms with Crippen LogP contribution in [0.5, 0.6) is 0 Å². The molecule has 1 rings (SSSR count). The van der Waals surface area contributed by atoms with E-state index in [0.717, 1.165) is 19.3 Å². The molecule has 0 spiro atoms. The summed E-state index contributed by atoms with van der Waals surface area (Å²) >= 11 is 0. The Bertz CT molecular complexity index is 322. The predicted octanol–water partition coefficient (Wildman–Crippen LogP) is 3.51. The van der Waals surface area contributed by atoms with Crippen LogP contribution in [0.1, 0.15) is 37.8 Å². The van der Waals surface area contributed by atoms with E-state index in [1.807, 2.05) is 13.0 Å². The number of hydrogen-bond acceptors (Lipinski definition) is 1. The first kappa shape index (κ1) is 13.0. The Labute approximate surface area is 98.8 Å². The SMILES string of the molecule is C=CCCC(C)(O)Cc1ccc(CC)cc1. The minimum Gasteiger partial charge on any atom is -0.390 e. The standard InChI is InChI=1S/C15H22O/c1-4-6-11-15(3,16)12-14-9-7-13(5-2)8-10-14/h4,7-10,16H,1,5-6,11-12H2,2-3H3. The molecule has 1 aromatic rings. The van der Waals surface area contributed by atoms with Crippen molar-refractivity contribution in [1.29, 1.82) is 0 Å². The molecule has 0 radical (unpaired) electrons. The second kappa shape index (κ2) is 5.86.